The summed E-state index contributed by atoms with van der Waals surface area (Å²) in [6.07, 6.45) is 0.145. The number of halogens is 3. The van der Waals surface area contributed by atoms with E-state index in [-0.39, 0.29) is 0 Å². The third-order valence-electron chi connectivity index (χ3n) is 4.83. The lowest BCUT2D eigenvalue weighted by atomic mass is 10.1. The summed E-state index contributed by atoms with van der Waals surface area (Å²) in [6.45, 7) is 3.01. The number of imidazole rings is 1. The molecule has 0 aliphatic rings. The Morgan fingerprint density at radius 1 is 1.06 bits per heavy atom. The lowest BCUT2D eigenvalue weighted by Crippen LogP contribution is -2.21. The average molecular weight is 464 g/mol. The van der Waals surface area contributed by atoms with Crippen LogP contribution in [0.15, 0.2) is 54.9 Å². The Hall–Kier alpha value is -3.49. The summed E-state index contributed by atoms with van der Waals surface area (Å²) in [5.41, 5.74) is 4.55. The number of rotatable bonds is 8. The molecule has 1 N–H and O–H groups in total. The van der Waals surface area contributed by atoms with Crippen molar-refractivity contribution < 1.29 is 32.5 Å². The second kappa shape index (κ2) is 11.9. The standard InChI is InChI=1S/C22H26N2O2.C2HF3O2/c1-4-5-9-20-22(19-8-6-7-10-21(19)26-3)23-16-24(20)15-17-11-13-18(25-2)14-12-17;3-2(4,5)1(6)7/h6-8,10-14,16H,4-5,9,15H2,1-3H3;(H,6,7). The number of benzene rings is 2. The van der Waals surface area contributed by atoms with E-state index in [2.05, 4.69) is 29.7 Å². The smallest absolute Gasteiger partial charge is 0.490 e. The van der Waals surface area contributed by atoms with E-state index < -0.39 is 12.1 Å². The number of carbonyl (C=O) groups is 1. The molecule has 2 aromatic carbocycles. The van der Waals surface area contributed by atoms with E-state index in [9.17, 15) is 13.2 Å². The van der Waals surface area contributed by atoms with Crippen molar-refractivity contribution in [3.63, 3.8) is 0 Å². The van der Waals surface area contributed by atoms with Gasteiger partial charge in [0, 0.05) is 17.8 Å². The number of methoxy groups -OCH3 is 2. The number of nitrogens with zero attached hydrogens (tertiary/aromatic N) is 2. The number of carboxylic acids is 1. The highest BCUT2D eigenvalue weighted by Crippen LogP contribution is 2.32. The fraction of sp³-hybridized carbons (Fsp3) is 0.333. The molecule has 1 heterocycles. The summed E-state index contributed by atoms with van der Waals surface area (Å²) in [4.78, 5) is 13.6. The van der Waals surface area contributed by atoms with Gasteiger partial charge >= 0.3 is 12.1 Å². The van der Waals surface area contributed by atoms with E-state index in [0.29, 0.717) is 0 Å². The fourth-order valence-electron chi connectivity index (χ4n) is 3.14. The van der Waals surface area contributed by atoms with Crippen molar-refractivity contribution in [2.45, 2.75) is 38.9 Å². The highest BCUT2D eigenvalue weighted by atomic mass is 19.4. The Balaban J connectivity index is 0.000000479. The van der Waals surface area contributed by atoms with E-state index in [0.717, 1.165) is 48.6 Å². The highest BCUT2D eigenvalue weighted by molar-refractivity contribution is 5.73. The van der Waals surface area contributed by atoms with E-state index in [4.69, 9.17) is 24.4 Å². The summed E-state index contributed by atoms with van der Waals surface area (Å²) >= 11 is 0. The third kappa shape index (κ3) is 7.27. The van der Waals surface area contributed by atoms with Gasteiger partial charge in [0.2, 0.25) is 0 Å². The monoisotopic (exact) mass is 464 g/mol. The lowest BCUT2D eigenvalue weighted by molar-refractivity contribution is -0.192. The van der Waals surface area contributed by atoms with Gasteiger partial charge in [0.15, 0.2) is 0 Å². The molecular formula is C24H27F3N2O4. The van der Waals surface area contributed by atoms with Crippen molar-refractivity contribution in [2.24, 2.45) is 0 Å². The van der Waals surface area contributed by atoms with Gasteiger partial charge in [-0.25, -0.2) is 9.78 Å². The minimum absolute atomic E-state index is 0.797. The first-order valence-corrected chi connectivity index (χ1v) is 10.3. The topological polar surface area (TPSA) is 73.6 Å². The van der Waals surface area contributed by atoms with Gasteiger partial charge in [-0.1, -0.05) is 37.6 Å². The van der Waals surface area contributed by atoms with Crippen molar-refractivity contribution in [1.29, 1.82) is 0 Å². The highest BCUT2D eigenvalue weighted by Gasteiger charge is 2.38. The Labute approximate surface area is 190 Å². The second-order valence-corrected chi connectivity index (χ2v) is 7.12. The molecule has 0 bridgehead atoms. The average Bonchev–Trinajstić information content (AvgIpc) is 3.19. The Kier molecular flexibility index (Phi) is 9.32. The van der Waals surface area contributed by atoms with E-state index in [1.807, 2.05) is 36.7 Å². The summed E-state index contributed by atoms with van der Waals surface area (Å²) in [6, 6.07) is 16.3. The summed E-state index contributed by atoms with van der Waals surface area (Å²) in [7, 11) is 3.39. The van der Waals surface area contributed by atoms with Crippen LogP contribution in [0.1, 0.15) is 31.0 Å². The number of para-hydroxylation sites is 1. The van der Waals surface area contributed by atoms with Crippen LogP contribution in [0.3, 0.4) is 0 Å². The molecule has 0 unspecified atom stereocenters. The molecule has 178 valence electrons. The normalized spacial score (nSPS) is 10.8. The summed E-state index contributed by atoms with van der Waals surface area (Å²) in [5.74, 6) is -1.02. The number of hydrogen-bond acceptors (Lipinski definition) is 4. The Morgan fingerprint density at radius 3 is 2.24 bits per heavy atom. The maximum Gasteiger partial charge on any atom is 0.490 e. The fourth-order valence-corrected chi connectivity index (χ4v) is 3.14. The van der Waals surface area contributed by atoms with Gasteiger partial charge in [0.1, 0.15) is 11.5 Å². The number of hydrogen-bond donors (Lipinski definition) is 1. The molecule has 0 spiro atoms. The predicted molar refractivity (Wildman–Crippen MR) is 119 cm³/mol. The zero-order valence-corrected chi connectivity index (χ0v) is 18.7. The van der Waals surface area contributed by atoms with Crippen LogP contribution in [0.4, 0.5) is 13.2 Å². The molecule has 0 saturated carbocycles. The minimum Gasteiger partial charge on any atom is -0.497 e. The van der Waals surface area contributed by atoms with Crippen LogP contribution in [0.2, 0.25) is 0 Å². The molecule has 0 atom stereocenters. The summed E-state index contributed by atoms with van der Waals surface area (Å²) in [5, 5.41) is 7.12. The quantitative estimate of drug-likeness (QED) is 0.470. The molecule has 9 heteroatoms. The number of aromatic nitrogens is 2. The largest absolute Gasteiger partial charge is 0.497 e. The number of alkyl halides is 3. The van der Waals surface area contributed by atoms with Gasteiger partial charge in [-0.15, -0.1) is 0 Å². The molecule has 0 aliphatic heterocycles. The predicted octanol–water partition coefficient (Wildman–Crippen LogP) is 5.59. The van der Waals surface area contributed by atoms with Crippen LogP contribution >= 0.6 is 0 Å². The van der Waals surface area contributed by atoms with Crippen LogP contribution in [-0.2, 0) is 17.8 Å². The SMILES string of the molecule is CCCCc1c(-c2ccccc2OC)ncn1Cc1ccc(OC)cc1.O=C(O)C(F)(F)F. The molecule has 0 saturated heterocycles. The van der Waals surface area contributed by atoms with Crippen LogP contribution in [-0.4, -0.2) is 41.0 Å². The van der Waals surface area contributed by atoms with Gasteiger partial charge < -0.3 is 19.1 Å². The maximum absolute atomic E-state index is 10.6. The maximum atomic E-state index is 10.6. The van der Waals surface area contributed by atoms with E-state index in [1.165, 1.54) is 11.3 Å². The molecule has 0 fully saturated rings. The van der Waals surface area contributed by atoms with Crippen LogP contribution in [0.25, 0.3) is 11.3 Å². The van der Waals surface area contributed by atoms with Crippen molar-refractivity contribution in [3.05, 3.63) is 66.1 Å². The van der Waals surface area contributed by atoms with Crippen molar-refractivity contribution >= 4 is 5.97 Å². The molecule has 0 aliphatic carbocycles. The van der Waals surface area contributed by atoms with Crippen molar-refractivity contribution in [2.75, 3.05) is 14.2 Å². The van der Waals surface area contributed by atoms with E-state index >= 15 is 0 Å². The van der Waals surface area contributed by atoms with Gasteiger partial charge in [-0.05, 0) is 42.7 Å². The first-order chi connectivity index (χ1) is 15.7. The first-order valence-electron chi connectivity index (χ1n) is 10.3. The molecule has 3 rings (SSSR count). The zero-order chi connectivity index (χ0) is 24.4. The summed E-state index contributed by atoms with van der Waals surface area (Å²) < 4.78 is 44.8. The molecule has 3 aromatic rings. The minimum atomic E-state index is -5.08. The van der Waals surface area contributed by atoms with Crippen molar-refractivity contribution in [3.8, 4) is 22.8 Å². The van der Waals surface area contributed by atoms with Crippen molar-refractivity contribution in [1.82, 2.24) is 9.55 Å². The molecule has 6 nitrogen and oxygen atoms in total. The number of ether oxygens (including phenoxy) is 2. The van der Waals surface area contributed by atoms with Gasteiger partial charge in [0.05, 0.1) is 26.2 Å². The number of carboxylic acid groups (broad SMARTS) is 1. The zero-order valence-electron chi connectivity index (χ0n) is 18.7. The van der Waals surface area contributed by atoms with Gasteiger partial charge in [-0.2, -0.15) is 13.2 Å². The Bertz CT molecular complexity index is 1030. The third-order valence-corrected chi connectivity index (χ3v) is 4.83. The molecule has 1 aromatic heterocycles. The first kappa shape index (κ1) is 25.8. The molecule has 0 amide bonds. The number of aliphatic carboxylic acids is 1. The molecular weight excluding hydrogens is 437 g/mol. The Morgan fingerprint density at radius 2 is 1.70 bits per heavy atom. The van der Waals surface area contributed by atoms with E-state index in [1.54, 1.807) is 14.2 Å². The molecule has 33 heavy (non-hydrogen) atoms. The van der Waals surface area contributed by atoms with Gasteiger partial charge in [-0.3, -0.25) is 0 Å². The van der Waals surface area contributed by atoms with Crippen LogP contribution in [0, 0.1) is 0 Å². The van der Waals surface area contributed by atoms with Gasteiger partial charge in [0.25, 0.3) is 0 Å². The second-order valence-electron chi connectivity index (χ2n) is 7.12. The van der Waals surface area contributed by atoms with Crippen LogP contribution < -0.4 is 9.47 Å². The van der Waals surface area contributed by atoms with Crippen LogP contribution in [0.5, 0.6) is 11.5 Å². The number of unbranched alkanes of at least 4 members (excludes halogenated alkanes) is 1. The lowest BCUT2D eigenvalue weighted by Gasteiger charge is -2.12. The molecule has 0 radical (unpaired) electrons.